The lowest BCUT2D eigenvalue weighted by Crippen LogP contribution is -2.56. The second-order valence-corrected chi connectivity index (χ2v) is 9.16. The van der Waals surface area contributed by atoms with Gasteiger partial charge in [-0.15, -0.1) is 4.37 Å². The number of carbonyl (C=O) groups excluding carboxylic acids is 1. The van der Waals surface area contributed by atoms with Crippen molar-refractivity contribution in [3.8, 4) is 5.88 Å². The first-order valence-electron chi connectivity index (χ1n) is 11.3. The van der Waals surface area contributed by atoms with Crippen LogP contribution >= 0.6 is 11.7 Å². The second-order valence-electron chi connectivity index (χ2n) is 8.63. The van der Waals surface area contributed by atoms with Gasteiger partial charge >= 0.3 is 5.97 Å². The first-order chi connectivity index (χ1) is 15.4. The normalized spacial score (nSPS) is 20.4. The number of H-pyrrole nitrogens is 1. The zero-order valence-electron chi connectivity index (χ0n) is 19.2. The number of nitrogens with one attached hydrogen (secondary N) is 1. The molecule has 0 saturated heterocycles. The van der Waals surface area contributed by atoms with Crippen LogP contribution in [0.25, 0.3) is 5.57 Å². The maximum Gasteiger partial charge on any atom is 0.327 e. The van der Waals surface area contributed by atoms with Crippen LogP contribution < -0.4 is 10.5 Å². The van der Waals surface area contributed by atoms with Gasteiger partial charge in [0.05, 0.1) is 38.3 Å². The van der Waals surface area contributed by atoms with Crippen LogP contribution in [0.2, 0.25) is 0 Å². The Balaban J connectivity index is 1.57. The van der Waals surface area contributed by atoms with E-state index >= 15 is 0 Å². The van der Waals surface area contributed by atoms with E-state index in [2.05, 4.69) is 38.8 Å². The minimum Gasteiger partial charge on any atom is -0.475 e. The molecule has 10 heteroatoms. The Labute approximate surface area is 193 Å². The highest BCUT2D eigenvalue weighted by molar-refractivity contribution is 6.99. The van der Waals surface area contributed by atoms with Crippen LogP contribution in [0.15, 0.2) is 18.6 Å². The predicted molar refractivity (Wildman–Crippen MR) is 124 cm³/mol. The summed E-state index contributed by atoms with van der Waals surface area (Å²) in [5.41, 5.74) is 8.76. The van der Waals surface area contributed by atoms with E-state index in [1.54, 1.807) is 12.5 Å². The molecule has 0 aliphatic carbocycles. The monoisotopic (exact) mass is 463 g/mol. The molecule has 32 heavy (non-hydrogen) atoms. The third-order valence-electron chi connectivity index (χ3n) is 6.02. The van der Waals surface area contributed by atoms with Gasteiger partial charge in [-0.3, -0.25) is 9.28 Å². The summed E-state index contributed by atoms with van der Waals surface area (Å²) in [4.78, 5) is 19.5. The third kappa shape index (κ3) is 6.36. The highest BCUT2D eigenvalue weighted by Crippen LogP contribution is 2.31. The Hall–Kier alpha value is -2.30. The van der Waals surface area contributed by atoms with Crippen LogP contribution in [-0.2, 0) is 16.0 Å². The van der Waals surface area contributed by atoms with E-state index in [1.165, 1.54) is 24.6 Å². The molecule has 1 unspecified atom stereocenters. The van der Waals surface area contributed by atoms with Gasteiger partial charge in [-0.1, -0.05) is 32.3 Å². The van der Waals surface area contributed by atoms with E-state index in [-0.39, 0.29) is 6.23 Å². The van der Waals surface area contributed by atoms with E-state index in [1.807, 2.05) is 6.92 Å². The summed E-state index contributed by atoms with van der Waals surface area (Å²) in [6, 6.07) is -0.736. The molecule has 0 bridgehead atoms. The van der Waals surface area contributed by atoms with Gasteiger partial charge < -0.3 is 20.2 Å². The zero-order valence-corrected chi connectivity index (χ0v) is 20.1. The third-order valence-corrected chi connectivity index (χ3v) is 6.54. The molecular weight excluding hydrogens is 428 g/mol. The van der Waals surface area contributed by atoms with Crippen molar-refractivity contribution in [1.82, 2.24) is 18.7 Å². The molecule has 0 spiro atoms. The smallest absolute Gasteiger partial charge is 0.327 e. The number of hydrogen-bond donors (Lipinski definition) is 2. The molecule has 3 atom stereocenters. The standard InChI is InChI=1S/C22H35N6O3S/c1-4-5-6-7-11-30-21-20(26-32-27-21)17-9-8-10-28(3,14-17)16(2)31-22(29)19(23)12-18-13-24-15-25-18/h9,13,15-16,19H,4-8,10-12,14,23H2,1-3H3,(H,24,25)/q+1/t16-,19-,28?/m0/s1. The summed E-state index contributed by atoms with van der Waals surface area (Å²) < 4.78 is 21.1. The molecule has 1 aliphatic heterocycles. The van der Waals surface area contributed by atoms with Crippen LogP contribution in [-0.4, -0.2) is 68.2 Å². The fraction of sp³-hybridized carbons (Fsp3) is 0.636. The van der Waals surface area contributed by atoms with Crippen molar-refractivity contribution < 1.29 is 18.8 Å². The molecule has 2 aromatic heterocycles. The lowest BCUT2D eigenvalue weighted by molar-refractivity contribution is -0.944. The number of likely N-dealkylation sites (N-methyl/N-ethyl adjacent to an activating group) is 1. The molecule has 0 fully saturated rings. The fourth-order valence-corrected chi connectivity index (χ4v) is 4.35. The van der Waals surface area contributed by atoms with Crippen LogP contribution in [0.5, 0.6) is 5.88 Å². The molecule has 3 rings (SSSR count). The number of rotatable bonds is 12. The summed E-state index contributed by atoms with van der Waals surface area (Å²) in [5.74, 6) is 0.200. The molecule has 0 radical (unpaired) electrons. The van der Waals surface area contributed by atoms with Crippen molar-refractivity contribution in [3.63, 3.8) is 0 Å². The van der Waals surface area contributed by atoms with Crippen LogP contribution in [0.4, 0.5) is 0 Å². The Morgan fingerprint density at radius 3 is 2.94 bits per heavy atom. The van der Waals surface area contributed by atoms with Crippen LogP contribution in [0.1, 0.15) is 57.3 Å². The topological polar surface area (TPSA) is 116 Å². The maximum absolute atomic E-state index is 12.6. The molecule has 2 aromatic rings. The number of nitrogens with two attached hydrogens (primary N) is 1. The molecule has 0 saturated carbocycles. The summed E-state index contributed by atoms with van der Waals surface area (Å²) in [7, 11) is 2.09. The molecule has 3 heterocycles. The SMILES string of the molecule is CCCCCCOc1nsnc1C1=CCC[N+](C)([C@H](C)OC(=O)[C@@H](N)Cc2cnc[nH]2)C1. The van der Waals surface area contributed by atoms with Crippen LogP contribution in [0, 0.1) is 0 Å². The highest BCUT2D eigenvalue weighted by Gasteiger charge is 2.37. The number of nitrogens with zero attached hydrogens (tertiary/aromatic N) is 4. The number of ether oxygens (including phenoxy) is 2. The number of hydrogen-bond acceptors (Lipinski definition) is 8. The van der Waals surface area contributed by atoms with Crippen molar-refractivity contribution in [3.05, 3.63) is 30.0 Å². The van der Waals surface area contributed by atoms with E-state index in [4.69, 9.17) is 15.2 Å². The van der Waals surface area contributed by atoms with Gasteiger partial charge in [0, 0.05) is 37.2 Å². The van der Waals surface area contributed by atoms with E-state index in [9.17, 15) is 4.79 Å². The summed E-state index contributed by atoms with van der Waals surface area (Å²) in [5, 5.41) is 0. The lowest BCUT2D eigenvalue weighted by Gasteiger charge is -2.41. The fourth-order valence-electron chi connectivity index (χ4n) is 3.82. The lowest BCUT2D eigenvalue weighted by atomic mass is 10.0. The summed E-state index contributed by atoms with van der Waals surface area (Å²) in [6.07, 6.45) is 10.9. The van der Waals surface area contributed by atoms with Crippen molar-refractivity contribution in [2.75, 3.05) is 26.7 Å². The van der Waals surface area contributed by atoms with Gasteiger partial charge in [-0.05, 0) is 6.42 Å². The van der Waals surface area contributed by atoms with Crippen molar-refractivity contribution in [2.45, 2.75) is 64.6 Å². The van der Waals surface area contributed by atoms with Crippen molar-refractivity contribution >= 4 is 23.3 Å². The van der Waals surface area contributed by atoms with Gasteiger partial charge in [0.1, 0.15) is 18.3 Å². The number of aromatic nitrogens is 4. The molecule has 9 nitrogen and oxygen atoms in total. The van der Waals surface area contributed by atoms with Gasteiger partial charge in [-0.25, -0.2) is 4.98 Å². The quantitative estimate of drug-likeness (QED) is 0.282. The molecule has 176 valence electrons. The summed E-state index contributed by atoms with van der Waals surface area (Å²) in [6.45, 7) is 6.31. The highest BCUT2D eigenvalue weighted by atomic mass is 32.1. The largest absolute Gasteiger partial charge is 0.475 e. The van der Waals surface area contributed by atoms with E-state index < -0.39 is 12.0 Å². The molecule has 0 amide bonds. The molecule has 3 N–H and O–H groups in total. The minimum absolute atomic E-state index is 0.343. The average Bonchev–Trinajstić information content (AvgIpc) is 3.45. The first kappa shape index (κ1) is 24.3. The first-order valence-corrected chi connectivity index (χ1v) is 12.1. The van der Waals surface area contributed by atoms with Gasteiger partial charge in [-0.2, -0.15) is 4.37 Å². The number of imidazole rings is 1. The zero-order chi connectivity index (χ0) is 23.0. The molecular formula is C22H35N6O3S+. The van der Waals surface area contributed by atoms with Gasteiger partial charge in [0.15, 0.2) is 0 Å². The van der Waals surface area contributed by atoms with Crippen LogP contribution in [0.3, 0.4) is 0 Å². The van der Waals surface area contributed by atoms with Crippen molar-refractivity contribution in [1.29, 1.82) is 0 Å². The number of carbonyl (C=O) groups is 1. The number of aromatic amines is 1. The average molecular weight is 464 g/mol. The molecule has 1 aliphatic rings. The Bertz CT molecular complexity index is 884. The maximum atomic E-state index is 12.6. The Morgan fingerprint density at radius 2 is 2.19 bits per heavy atom. The van der Waals surface area contributed by atoms with E-state index in [0.29, 0.717) is 29.9 Å². The number of quaternary nitrogens is 1. The van der Waals surface area contributed by atoms with Gasteiger partial charge in [0.25, 0.3) is 5.88 Å². The minimum atomic E-state index is -0.736. The van der Waals surface area contributed by atoms with Crippen molar-refractivity contribution in [2.24, 2.45) is 5.73 Å². The number of unbranched alkanes of at least 4 members (excludes halogenated alkanes) is 3. The predicted octanol–water partition coefficient (Wildman–Crippen LogP) is 2.91. The van der Waals surface area contributed by atoms with E-state index in [0.717, 1.165) is 42.8 Å². The Kier molecular flexibility index (Phi) is 8.77. The van der Waals surface area contributed by atoms with Gasteiger partial charge in [0.2, 0.25) is 6.23 Å². The molecule has 0 aromatic carbocycles. The Morgan fingerprint density at radius 1 is 1.34 bits per heavy atom. The summed E-state index contributed by atoms with van der Waals surface area (Å²) >= 11 is 1.17. The second kappa shape index (κ2) is 11.5. The number of esters is 1.